The number of aliphatic imine (C=N–C) groups is 1. The van der Waals surface area contributed by atoms with Crippen LogP contribution in [0.25, 0.3) is 0 Å². The van der Waals surface area contributed by atoms with Crippen LogP contribution in [0.2, 0.25) is 0 Å². The predicted molar refractivity (Wildman–Crippen MR) is 132 cm³/mol. The number of carbonyl (C=O) groups excluding carboxylic acids is 2. The van der Waals surface area contributed by atoms with Gasteiger partial charge in [-0.3, -0.25) is 14.6 Å². The molecule has 2 aromatic carbocycles. The summed E-state index contributed by atoms with van der Waals surface area (Å²) in [6.07, 6.45) is 4.54. The number of anilines is 1. The number of fused-ring (bicyclic) bond motifs is 2. The van der Waals surface area contributed by atoms with Crippen LogP contribution in [0.15, 0.2) is 53.5 Å². The van der Waals surface area contributed by atoms with E-state index in [0.717, 1.165) is 48.3 Å². The summed E-state index contributed by atoms with van der Waals surface area (Å²) in [6, 6.07) is 15.1. The number of hydrogen-bond acceptors (Lipinski definition) is 4. The molecule has 4 rings (SSSR count). The van der Waals surface area contributed by atoms with Crippen molar-refractivity contribution >= 4 is 28.8 Å². The Morgan fingerprint density at radius 3 is 2.67 bits per heavy atom. The molecule has 174 valence electrons. The van der Waals surface area contributed by atoms with Gasteiger partial charge in [-0.05, 0) is 48.1 Å². The maximum Gasteiger partial charge on any atom is 0.227 e. The average Bonchev–Trinajstić information content (AvgIpc) is 2.92. The number of hydrogen-bond donors (Lipinski definition) is 0. The molecule has 1 amide bonds. The first kappa shape index (κ1) is 23.2. The number of carbonyl (C=O) groups is 2. The van der Waals surface area contributed by atoms with E-state index >= 15 is 0 Å². The molecule has 1 saturated carbocycles. The van der Waals surface area contributed by atoms with Gasteiger partial charge in [0.1, 0.15) is 11.5 Å². The Morgan fingerprint density at radius 1 is 1.12 bits per heavy atom. The van der Waals surface area contributed by atoms with Gasteiger partial charge in [-0.25, -0.2) is 0 Å². The minimum Gasteiger partial charge on any atom is -0.497 e. The topological polar surface area (TPSA) is 59.0 Å². The number of methoxy groups -OCH3 is 1. The van der Waals surface area contributed by atoms with E-state index in [1.807, 2.05) is 53.4 Å². The third-order valence-corrected chi connectivity index (χ3v) is 6.72. The first-order valence-corrected chi connectivity index (χ1v) is 12.0. The van der Waals surface area contributed by atoms with Crippen LogP contribution in [0.4, 0.5) is 11.4 Å². The zero-order valence-electron chi connectivity index (χ0n) is 20.1. The Morgan fingerprint density at radius 2 is 1.91 bits per heavy atom. The number of ketones is 1. The molecule has 2 aromatic rings. The number of ether oxygens (including phenoxy) is 1. The van der Waals surface area contributed by atoms with E-state index in [9.17, 15) is 9.59 Å². The molecule has 1 heterocycles. The van der Waals surface area contributed by atoms with Crippen LogP contribution in [-0.4, -0.2) is 24.5 Å². The number of para-hydroxylation sites is 2. The van der Waals surface area contributed by atoms with Crippen molar-refractivity contribution < 1.29 is 14.3 Å². The molecule has 1 fully saturated rings. The second-order valence-electron chi connectivity index (χ2n) is 10.00. The van der Waals surface area contributed by atoms with Crippen LogP contribution in [0, 0.1) is 11.3 Å². The van der Waals surface area contributed by atoms with Gasteiger partial charge in [-0.15, -0.1) is 0 Å². The van der Waals surface area contributed by atoms with Gasteiger partial charge in [-0.1, -0.05) is 57.9 Å². The van der Waals surface area contributed by atoms with Crippen LogP contribution in [-0.2, 0) is 9.59 Å². The van der Waals surface area contributed by atoms with Gasteiger partial charge >= 0.3 is 0 Å². The van der Waals surface area contributed by atoms with E-state index in [0.29, 0.717) is 18.6 Å². The second-order valence-corrected chi connectivity index (χ2v) is 10.00. The minimum absolute atomic E-state index is 0.0396. The highest BCUT2D eigenvalue weighted by molar-refractivity contribution is 6.13. The van der Waals surface area contributed by atoms with Gasteiger partial charge < -0.3 is 9.64 Å². The van der Waals surface area contributed by atoms with Gasteiger partial charge in [0.05, 0.1) is 30.4 Å². The fourth-order valence-corrected chi connectivity index (χ4v) is 5.22. The number of benzene rings is 2. The van der Waals surface area contributed by atoms with Crippen molar-refractivity contribution in [2.45, 2.75) is 65.3 Å². The number of nitrogens with zero attached hydrogens (tertiary/aromatic N) is 2. The molecule has 0 spiro atoms. The average molecular weight is 447 g/mol. The van der Waals surface area contributed by atoms with E-state index in [1.54, 1.807) is 7.11 Å². The van der Waals surface area contributed by atoms with Gasteiger partial charge in [-0.2, -0.15) is 0 Å². The van der Waals surface area contributed by atoms with E-state index in [2.05, 4.69) is 20.8 Å². The fraction of sp³-hybridized carbons (Fsp3) is 0.464. The molecule has 5 heteroatoms. The monoisotopic (exact) mass is 446 g/mol. The molecule has 0 unspecified atom stereocenters. The van der Waals surface area contributed by atoms with Crippen molar-refractivity contribution in [2.24, 2.45) is 16.3 Å². The Labute approximate surface area is 196 Å². The third kappa shape index (κ3) is 4.73. The summed E-state index contributed by atoms with van der Waals surface area (Å²) < 4.78 is 5.50. The lowest BCUT2D eigenvalue weighted by Gasteiger charge is -2.41. The Hall–Kier alpha value is -2.95. The highest BCUT2D eigenvalue weighted by Crippen LogP contribution is 2.48. The van der Waals surface area contributed by atoms with Crippen molar-refractivity contribution in [3.63, 3.8) is 0 Å². The van der Waals surface area contributed by atoms with Gasteiger partial charge in [0, 0.05) is 18.6 Å². The summed E-state index contributed by atoms with van der Waals surface area (Å²) in [5.74, 6) is 0.438. The summed E-state index contributed by atoms with van der Waals surface area (Å²) in [5, 5.41) is 0. The number of unbranched alkanes of at least 4 members (excludes halogenated alkanes) is 2. The molecular formula is C28H34N2O3. The minimum atomic E-state index is -0.465. The SMILES string of the molecule is CCCCCC(=O)N1c2ccccc2N=C2CC(C)(C)CC(=O)[C@@H]2[C@H]1c1cccc(OC)c1. The van der Waals surface area contributed by atoms with Crippen LogP contribution < -0.4 is 9.64 Å². The van der Waals surface area contributed by atoms with E-state index < -0.39 is 12.0 Å². The molecule has 1 aliphatic carbocycles. The maximum absolute atomic E-state index is 13.8. The molecule has 0 aromatic heterocycles. The normalized spacial score (nSPS) is 21.5. The molecule has 0 radical (unpaired) electrons. The summed E-state index contributed by atoms with van der Waals surface area (Å²) in [4.78, 5) is 34.3. The lowest BCUT2D eigenvalue weighted by molar-refractivity contribution is -0.125. The van der Waals surface area contributed by atoms with Gasteiger partial charge in [0.15, 0.2) is 0 Å². The lowest BCUT2D eigenvalue weighted by atomic mass is 9.68. The standard InChI is InChI=1S/C28H34N2O3/c1-5-6-7-15-25(32)30-23-14-9-8-13-21(23)29-22-17-28(2,3)18-24(31)26(22)27(30)19-11-10-12-20(16-19)33-4/h8-14,16,26-27H,5-7,15,17-18H2,1-4H3/t26-,27-/m1/s1. The zero-order valence-corrected chi connectivity index (χ0v) is 20.1. The second kappa shape index (κ2) is 9.50. The van der Waals surface area contributed by atoms with E-state index in [-0.39, 0.29) is 17.1 Å². The van der Waals surface area contributed by atoms with Gasteiger partial charge in [0.25, 0.3) is 0 Å². The number of amides is 1. The quantitative estimate of drug-likeness (QED) is 0.480. The zero-order chi connectivity index (χ0) is 23.6. The maximum atomic E-state index is 13.8. The Bertz CT molecular complexity index is 1070. The van der Waals surface area contributed by atoms with Crippen molar-refractivity contribution in [1.29, 1.82) is 0 Å². The summed E-state index contributed by atoms with van der Waals surface area (Å²) in [5.41, 5.74) is 3.17. The molecule has 2 aliphatic rings. The molecule has 1 aliphatic heterocycles. The molecule has 2 atom stereocenters. The fourth-order valence-electron chi connectivity index (χ4n) is 5.22. The van der Waals surface area contributed by atoms with Crippen LogP contribution in [0.3, 0.4) is 0 Å². The molecule has 0 saturated heterocycles. The van der Waals surface area contributed by atoms with Crippen molar-refractivity contribution in [3.8, 4) is 5.75 Å². The molecule has 0 bridgehead atoms. The van der Waals surface area contributed by atoms with Crippen molar-refractivity contribution in [2.75, 3.05) is 12.0 Å². The molecule has 0 N–H and O–H groups in total. The molecule has 5 nitrogen and oxygen atoms in total. The lowest BCUT2D eigenvalue weighted by Crippen LogP contribution is -2.47. The third-order valence-electron chi connectivity index (χ3n) is 6.72. The number of rotatable bonds is 6. The van der Waals surface area contributed by atoms with Gasteiger partial charge in [0.2, 0.25) is 5.91 Å². The first-order chi connectivity index (χ1) is 15.8. The highest BCUT2D eigenvalue weighted by atomic mass is 16.5. The summed E-state index contributed by atoms with van der Waals surface area (Å²) in [6.45, 7) is 6.37. The van der Waals surface area contributed by atoms with Crippen molar-refractivity contribution in [1.82, 2.24) is 0 Å². The first-order valence-electron chi connectivity index (χ1n) is 12.0. The molecular weight excluding hydrogens is 412 g/mol. The van der Waals surface area contributed by atoms with Crippen LogP contribution >= 0.6 is 0 Å². The Kier molecular flexibility index (Phi) is 6.68. The summed E-state index contributed by atoms with van der Waals surface area (Å²) in [7, 11) is 1.64. The largest absolute Gasteiger partial charge is 0.497 e. The highest BCUT2D eigenvalue weighted by Gasteiger charge is 2.47. The van der Waals surface area contributed by atoms with Crippen LogP contribution in [0.5, 0.6) is 5.75 Å². The number of Topliss-reactive ketones (excluding diaryl/α,β-unsaturated/α-hetero) is 1. The molecule has 33 heavy (non-hydrogen) atoms. The van der Waals surface area contributed by atoms with E-state index in [4.69, 9.17) is 9.73 Å². The smallest absolute Gasteiger partial charge is 0.227 e. The Balaban J connectivity index is 1.91. The van der Waals surface area contributed by atoms with E-state index in [1.165, 1.54) is 0 Å². The predicted octanol–water partition coefficient (Wildman–Crippen LogP) is 6.44. The summed E-state index contributed by atoms with van der Waals surface area (Å²) >= 11 is 0. The van der Waals surface area contributed by atoms with Crippen molar-refractivity contribution in [3.05, 3.63) is 54.1 Å². The van der Waals surface area contributed by atoms with Crippen LogP contribution in [0.1, 0.15) is 70.9 Å².